The SMILES string of the molecule is CC[C@@H](C)[C@H](NC(=O)COc1ccc(OC)cc1C=O)C(=O)OC. The summed E-state index contributed by atoms with van der Waals surface area (Å²) in [6.07, 6.45) is 1.32. The van der Waals surface area contributed by atoms with Gasteiger partial charge < -0.3 is 19.5 Å². The standard InChI is InChI=1S/C17H23NO6/c1-5-11(2)16(17(21)23-4)18-15(20)10-24-14-7-6-13(22-3)8-12(14)9-19/h6-9,11,16H,5,10H2,1-4H3,(H,18,20)/t11-,16+/m1/s1. The van der Waals surface area contributed by atoms with E-state index in [-0.39, 0.29) is 23.8 Å². The van der Waals surface area contributed by atoms with Crippen LogP contribution in [0.5, 0.6) is 11.5 Å². The molecule has 7 heteroatoms. The molecule has 24 heavy (non-hydrogen) atoms. The van der Waals surface area contributed by atoms with Crippen molar-refractivity contribution in [1.29, 1.82) is 0 Å². The van der Waals surface area contributed by atoms with E-state index < -0.39 is 17.9 Å². The third-order valence-corrected chi connectivity index (χ3v) is 3.69. The number of carbonyl (C=O) groups is 3. The molecular formula is C17H23NO6. The fraction of sp³-hybridized carbons (Fsp3) is 0.471. The van der Waals surface area contributed by atoms with Gasteiger partial charge >= 0.3 is 5.97 Å². The Morgan fingerprint density at radius 3 is 2.54 bits per heavy atom. The largest absolute Gasteiger partial charge is 0.497 e. The first-order chi connectivity index (χ1) is 11.5. The molecule has 0 bridgehead atoms. The predicted octanol–water partition coefficient (Wildman–Crippen LogP) is 1.59. The summed E-state index contributed by atoms with van der Waals surface area (Å²) >= 11 is 0. The lowest BCUT2D eigenvalue weighted by molar-refractivity contribution is -0.146. The number of hydrogen-bond acceptors (Lipinski definition) is 6. The highest BCUT2D eigenvalue weighted by Crippen LogP contribution is 2.22. The summed E-state index contributed by atoms with van der Waals surface area (Å²) in [6.45, 7) is 3.44. The fourth-order valence-corrected chi connectivity index (χ4v) is 2.03. The fourth-order valence-electron chi connectivity index (χ4n) is 2.03. The van der Waals surface area contributed by atoms with E-state index in [1.165, 1.54) is 20.3 Å². The lowest BCUT2D eigenvalue weighted by atomic mass is 9.99. The number of aldehydes is 1. The topological polar surface area (TPSA) is 90.9 Å². The third-order valence-electron chi connectivity index (χ3n) is 3.69. The Labute approximate surface area is 141 Å². The van der Waals surface area contributed by atoms with Gasteiger partial charge in [-0.3, -0.25) is 9.59 Å². The van der Waals surface area contributed by atoms with Crippen LogP contribution in [0.1, 0.15) is 30.6 Å². The Morgan fingerprint density at radius 1 is 1.29 bits per heavy atom. The molecule has 0 unspecified atom stereocenters. The molecule has 1 amide bonds. The Bertz CT molecular complexity index is 586. The molecule has 0 spiro atoms. The number of rotatable bonds is 9. The van der Waals surface area contributed by atoms with Crippen molar-refractivity contribution in [2.45, 2.75) is 26.3 Å². The maximum atomic E-state index is 12.0. The lowest BCUT2D eigenvalue weighted by Crippen LogP contribution is -2.47. The van der Waals surface area contributed by atoms with Gasteiger partial charge in [0.2, 0.25) is 0 Å². The molecule has 0 aliphatic rings. The molecule has 1 rings (SSSR count). The third kappa shape index (κ3) is 5.26. The summed E-state index contributed by atoms with van der Waals surface area (Å²) in [5, 5.41) is 2.60. The van der Waals surface area contributed by atoms with Gasteiger partial charge in [-0.05, 0) is 24.1 Å². The second kappa shape index (κ2) is 9.54. The van der Waals surface area contributed by atoms with Gasteiger partial charge in [-0.2, -0.15) is 0 Å². The van der Waals surface area contributed by atoms with Gasteiger partial charge in [0.15, 0.2) is 12.9 Å². The maximum Gasteiger partial charge on any atom is 0.328 e. The zero-order valence-electron chi connectivity index (χ0n) is 14.3. The molecule has 1 aromatic rings. The smallest absolute Gasteiger partial charge is 0.328 e. The number of ether oxygens (including phenoxy) is 3. The quantitative estimate of drug-likeness (QED) is 0.543. The first-order valence-electron chi connectivity index (χ1n) is 7.60. The molecule has 0 saturated heterocycles. The van der Waals surface area contributed by atoms with Crippen LogP contribution in [0, 0.1) is 5.92 Å². The Hall–Kier alpha value is -2.57. The zero-order chi connectivity index (χ0) is 18.1. The predicted molar refractivity (Wildman–Crippen MR) is 87.3 cm³/mol. The van der Waals surface area contributed by atoms with Gasteiger partial charge in [0, 0.05) is 0 Å². The van der Waals surface area contributed by atoms with Crippen LogP contribution in [-0.2, 0) is 14.3 Å². The van der Waals surface area contributed by atoms with Crippen LogP contribution in [0.15, 0.2) is 18.2 Å². The van der Waals surface area contributed by atoms with Crippen LogP contribution >= 0.6 is 0 Å². The van der Waals surface area contributed by atoms with Crippen molar-refractivity contribution in [3.8, 4) is 11.5 Å². The summed E-state index contributed by atoms with van der Waals surface area (Å²) in [5.74, 6) is -0.280. The van der Waals surface area contributed by atoms with Crippen LogP contribution < -0.4 is 14.8 Å². The minimum Gasteiger partial charge on any atom is -0.497 e. The number of esters is 1. The summed E-state index contributed by atoms with van der Waals surface area (Å²) in [7, 11) is 2.76. The molecule has 0 fully saturated rings. The minimum atomic E-state index is -0.738. The molecule has 7 nitrogen and oxygen atoms in total. The van der Waals surface area contributed by atoms with Gasteiger partial charge in [-0.1, -0.05) is 20.3 Å². The van der Waals surface area contributed by atoms with Crippen LogP contribution in [0.3, 0.4) is 0 Å². The van der Waals surface area contributed by atoms with Gasteiger partial charge in [-0.25, -0.2) is 4.79 Å². The van der Waals surface area contributed by atoms with Gasteiger partial charge in [0.05, 0.1) is 19.8 Å². The number of hydrogen-bond donors (Lipinski definition) is 1. The molecule has 132 valence electrons. The van der Waals surface area contributed by atoms with E-state index in [1.54, 1.807) is 12.1 Å². The first-order valence-corrected chi connectivity index (χ1v) is 7.60. The number of amides is 1. The monoisotopic (exact) mass is 337 g/mol. The highest BCUT2D eigenvalue weighted by molar-refractivity contribution is 5.86. The molecule has 0 saturated carbocycles. The van der Waals surface area contributed by atoms with E-state index in [0.717, 1.165) is 0 Å². The van der Waals surface area contributed by atoms with Crippen molar-refractivity contribution in [2.24, 2.45) is 5.92 Å². The normalized spacial score (nSPS) is 12.7. The average molecular weight is 337 g/mol. The van der Waals surface area contributed by atoms with Crippen LogP contribution in [0.2, 0.25) is 0 Å². The highest BCUT2D eigenvalue weighted by Gasteiger charge is 2.26. The van der Waals surface area contributed by atoms with Crippen molar-refractivity contribution in [1.82, 2.24) is 5.32 Å². The molecular weight excluding hydrogens is 314 g/mol. The lowest BCUT2D eigenvalue weighted by Gasteiger charge is -2.21. The van der Waals surface area contributed by atoms with E-state index >= 15 is 0 Å². The second-order valence-electron chi connectivity index (χ2n) is 5.26. The molecule has 0 aliphatic heterocycles. The summed E-state index contributed by atoms with van der Waals surface area (Å²) in [5.41, 5.74) is 0.272. The number of methoxy groups -OCH3 is 2. The zero-order valence-corrected chi connectivity index (χ0v) is 14.3. The summed E-state index contributed by atoms with van der Waals surface area (Å²) in [6, 6.07) is 3.94. The Morgan fingerprint density at radius 2 is 2.00 bits per heavy atom. The van der Waals surface area contributed by atoms with Crippen molar-refractivity contribution < 1.29 is 28.6 Å². The Kier molecular flexibility index (Phi) is 7.74. The first kappa shape index (κ1) is 19.5. The molecule has 1 N–H and O–H groups in total. The van der Waals surface area contributed by atoms with Crippen molar-refractivity contribution in [3.63, 3.8) is 0 Å². The van der Waals surface area contributed by atoms with Crippen molar-refractivity contribution in [2.75, 3.05) is 20.8 Å². The number of benzene rings is 1. The average Bonchev–Trinajstić information content (AvgIpc) is 2.62. The molecule has 1 aromatic carbocycles. The van der Waals surface area contributed by atoms with Crippen molar-refractivity contribution in [3.05, 3.63) is 23.8 Å². The summed E-state index contributed by atoms with van der Waals surface area (Å²) < 4.78 is 15.1. The van der Waals surface area contributed by atoms with Crippen molar-refractivity contribution >= 4 is 18.2 Å². The number of carbonyl (C=O) groups excluding carboxylic acids is 3. The molecule has 0 aliphatic carbocycles. The van der Waals surface area contributed by atoms with E-state index in [4.69, 9.17) is 14.2 Å². The molecule has 0 heterocycles. The molecule has 0 radical (unpaired) electrons. The van der Waals surface area contributed by atoms with Crippen LogP contribution in [0.25, 0.3) is 0 Å². The number of nitrogens with one attached hydrogen (secondary N) is 1. The highest BCUT2D eigenvalue weighted by atomic mass is 16.5. The second-order valence-corrected chi connectivity index (χ2v) is 5.26. The van der Waals surface area contributed by atoms with Crippen LogP contribution in [-0.4, -0.2) is 45.0 Å². The minimum absolute atomic E-state index is 0.0760. The maximum absolute atomic E-state index is 12.0. The van der Waals surface area contributed by atoms with Gasteiger partial charge in [0.1, 0.15) is 17.5 Å². The van der Waals surface area contributed by atoms with Crippen LogP contribution in [0.4, 0.5) is 0 Å². The van der Waals surface area contributed by atoms with Gasteiger partial charge in [0.25, 0.3) is 5.91 Å². The van der Waals surface area contributed by atoms with E-state index in [0.29, 0.717) is 18.5 Å². The van der Waals surface area contributed by atoms with Gasteiger partial charge in [-0.15, -0.1) is 0 Å². The summed E-state index contributed by atoms with van der Waals surface area (Å²) in [4.78, 5) is 34.9. The van der Waals surface area contributed by atoms with E-state index in [2.05, 4.69) is 5.32 Å². The molecule has 2 atom stereocenters. The van der Waals surface area contributed by atoms with E-state index in [9.17, 15) is 14.4 Å². The van der Waals surface area contributed by atoms with E-state index in [1.807, 2.05) is 13.8 Å². The molecule has 0 aromatic heterocycles. The Balaban J connectivity index is 2.71.